The third kappa shape index (κ3) is 7.48. The molecule has 0 bridgehead atoms. The highest BCUT2D eigenvalue weighted by atomic mass is 32.2. The monoisotopic (exact) mass is 328 g/mol. The molecule has 0 saturated heterocycles. The molecule has 7 nitrogen and oxygen atoms in total. The van der Waals surface area contributed by atoms with Crippen molar-refractivity contribution >= 4 is 15.9 Å². The second-order valence-electron chi connectivity index (χ2n) is 5.35. The third-order valence-corrected chi connectivity index (χ3v) is 4.40. The number of rotatable bonds is 9. The summed E-state index contributed by atoms with van der Waals surface area (Å²) in [5, 5.41) is 2.77. The average Bonchev–Trinajstić information content (AvgIpc) is 2.44. The maximum absolute atomic E-state index is 11.8. The van der Waals surface area contributed by atoms with Crippen molar-refractivity contribution in [2.24, 2.45) is 0 Å². The van der Waals surface area contributed by atoms with E-state index in [4.69, 9.17) is 0 Å². The average molecular weight is 328 g/mol. The van der Waals surface area contributed by atoms with Gasteiger partial charge in [0.25, 0.3) is 0 Å². The number of sulfonamides is 1. The molecular weight excluding hydrogens is 304 g/mol. The van der Waals surface area contributed by atoms with Gasteiger partial charge < -0.3 is 10.2 Å². The standard InChI is InChI=1S/C14H24N4O3S/c1-17(2)10-11-18(22(3,20)21)9-6-14(19)16-12-13-4-7-15-8-5-13/h4-5,7-8H,6,9-12H2,1-3H3,(H,16,19). The van der Waals surface area contributed by atoms with Crippen LogP contribution in [-0.4, -0.2) is 68.5 Å². The highest BCUT2D eigenvalue weighted by Gasteiger charge is 2.17. The van der Waals surface area contributed by atoms with Gasteiger partial charge in [-0.3, -0.25) is 9.78 Å². The van der Waals surface area contributed by atoms with Crippen LogP contribution in [0.1, 0.15) is 12.0 Å². The second-order valence-corrected chi connectivity index (χ2v) is 7.33. The van der Waals surface area contributed by atoms with Crippen molar-refractivity contribution in [1.82, 2.24) is 19.5 Å². The van der Waals surface area contributed by atoms with E-state index in [2.05, 4.69) is 10.3 Å². The van der Waals surface area contributed by atoms with Gasteiger partial charge in [0, 0.05) is 45.0 Å². The van der Waals surface area contributed by atoms with Crippen LogP contribution in [0.5, 0.6) is 0 Å². The lowest BCUT2D eigenvalue weighted by Gasteiger charge is -2.21. The number of amides is 1. The predicted molar refractivity (Wildman–Crippen MR) is 85.7 cm³/mol. The quantitative estimate of drug-likeness (QED) is 0.685. The molecule has 8 heteroatoms. The molecule has 1 amide bonds. The van der Waals surface area contributed by atoms with Crippen molar-refractivity contribution in [1.29, 1.82) is 0 Å². The molecule has 0 aromatic carbocycles. The number of hydrogen-bond donors (Lipinski definition) is 1. The van der Waals surface area contributed by atoms with Gasteiger partial charge >= 0.3 is 0 Å². The molecule has 0 saturated carbocycles. The van der Waals surface area contributed by atoms with Gasteiger partial charge in [-0.15, -0.1) is 0 Å². The summed E-state index contributed by atoms with van der Waals surface area (Å²) in [5.74, 6) is -0.171. The van der Waals surface area contributed by atoms with Crippen LogP contribution in [-0.2, 0) is 21.4 Å². The fourth-order valence-electron chi connectivity index (χ4n) is 1.77. The Morgan fingerprint density at radius 1 is 1.18 bits per heavy atom. The van der Waals surface area contributed by atoms with Crippen LogP contribution in [0.4, 0.5) is 0 Å². The van der Waals surface area contributed by atoms with Crippen molar-refractivity contribution in [2.45, 2.75) is 13.0 Å². The fraction of sp³-hybridized carbons (Fsp3) is 0.571. The molecule has 1 N–H and O–H groups in total. The summed E-state index contributed by atoms with van der Waals surface area (Å²) in [5.41, 5.74) is 0.955. The zero-order valence-electron chi connectivity index (χ0n) is 13.3. The highest BCUT2D eigenvalue weighted by Crippen LogP contribution is 2.01. The molecule has 0 unspecified atom stereocenters. The van der Waals surface area contributed by atoms with E-state index in [1.165, 1.54) is 4.31 Å². The molecule has 0 aliphatic carbocycles. The van der Waals surface area contributed by atoms with Crippen molar-refractivity contribution in [3.63, 3.8) is 0 Å². The Bertz CT molecular complexity index is 561. The minimum absolute atomic E-state index is 0.144. The SMILES string of the molecule is CN(C)CCN(CCC(=O)NCc1ccncc1)S(C)(=O)=O. The zero-order valence-corrected chi connectivity index (χ0v) is 14.1. The second kappa shape index (κ2) is 8.82. The zero-order chi connectivity index (χ0) is 16.6. The van der Waals surface area contributed by atoms with Crippen molar-refractivity contribution in [2.75, 3.05) is 40.0 Å². The topological polar surface area (TPSA) is 82.6 Å². The smallest absolute Gasteiger partial charge is 0.221 e. The molecule has 0 fully saturated rings. The van der Waals surface area contributed by atoms with E-state index in [-0.39, 0.29) is 18.9 Å². The largest absolute Gasteiger partial charge is 0.352 e. The Kier molecular flexibility index (Phi) is 7.43. The number of carbonyl (C=O) groups is 1. The normalized spacial score (nSPS) is 11.9. The summed E-state index contributed by atoms with van der Waals surface area (Å²) in [6.45, 7) is 1.60. The van der Waals surface area contributed by atoms with Crippen molar-refractivity contribution < 1.29 is 13.2 Å². The molecule has 0 atom stereocenters. The Balaban J connectivity index is 2.42. The first-order chi connectivity index (χ1) is 10.3. The molecular formula is C14H24N4O3S. The number of likely N-dealkylation sites (N-methyl/N-ethyl adjacent to an activating group) is 1. The number of nitrogens with zero attached hydrogens (tertiary/aromatic N) is 3. The molecule has 1 aromatic rings. The summed E-state index contributed by atoms with van der Waals surface area (Å²) in [6, 6.07) is 3.64. The molecule has 0 aliphatic heterocycles. The predicted octanol–water partition coefficient (Wildman–Crippen LogP) is -0.0889. The van der Waals surface area contributed by atoms with Crippen LogP contribution in [0.2, 0.25) is 0 Å². The lowest BCUT2D eigenvalue weighted by atomic mass is 10.2. The number of aromatic nitrogens is 1. The minimum Gasteiger partial charge on any atom is -0.352 e. The van der Waals surface area contributed by atoms with Gasteiger partial charge in [0.05, 0.1) is 6.26 Å². The van der Waals surface area contributed by atoms with E-state index in [1.807, 2.05) is 31.1 Å². The maximum Gasteiger partial charge on any atom is 0.221 e. The first-order valence-electron chi connectivity index (χ1n) is 7.04. The molecule has 0 radical (unpaired) electrons. The molecule has 1 heterocycles. The molecule has 0 spiro atoms. The molecule has 0 aliphatic rings. The summed E-state index contributed by atoms with van der Waals surface area (Å²) in [7, 11) is 0.449. The summed E-state index contributed by atoms with van der Waals surface area (Å²) in [4.78, 5) is 17.6. The van der Waals surface area contributed by atoms with Crippen LogP contribution in [0.3, 0.4) is 0 Å². The van der Waals surface area contributed by atoms with E-state index in [1.54, 1.807) is 12.4 Å². The Labute approximate surface area is 132 Å². The van der Waals surface area contributed by atoms with E-state index in [0.717, 1.165) is 11.8 Å². The third-order valence-electron chi connectivity index (χ3n) is 3.09. The Morgan fingerprint density at radius 2 is 1.82 bits per heavy atom. The van der Waals surface area contributed by atoms with E-state index in [9.17, 15) is 13.2 Å². The van der Waals surface area contributed by atoms with Crippen molar-refractivity contribution in [3.05, 3.63) is 30.1 Å². The minimum atomic E-state index is -3.30. The number of nitrogens with one attached hydrogen (secondary N) is 1. The van der Waals surface area contributed by atoms with Gasteiger partial charge in [0.2, 0.25) is 15.9 Å². The summed E-state index contributed by atoms with van der Waals surface area (Å²) < 4.78 is 24.7. The lowest BCUT2D eigenvalue weighted by Crippen LogP contribution is -2.38. The van der Waals surface area contributed by atoms with Gasteiger partial charge in [-0.05, 0) is 31.8 Å². The van der Waals surface area contributed by atoms with Gasteiger partial charge in [-0.1, -0.05) is 0 Å². The highest BCUT2D eigenvalue weighted by molar-refractivity contribution is 7.88. The van der Waals surface area contributed by atoms with Crippen LogP contribution in [0.15, 0.2) is 24.5 Å². The number of hydrogen-bond acceptors (Lipinski definition) is 5. The molecule has 1 aromatic heterocycles. The maximum atomic E-state index is 11.8. The van der Waals surface area contributed by atoms with Crippen LogP contribution >= 0.6 is 0 Å². The van der Waals surface area contributed by atoms with Crippen LogP contribution in [0, 0.1) is 0 Å². The summed E-state index contributed by atoms with van der Waals surface area (Å²) in [6.07, 6.45) is 4.63. The van der Waals surface area contributed by atoms with E-state index >= 15 is 0 Å². The van der Waals surface area contributed by atoms with Crippen molar-refractivity contribution in [3.8, 4) is 0 Å². The van der Waals surface area contributed by atoms with Gasteiger partial charge in [-0.2, -0.15) is 0 Å². The Morgan fingerprint density at radius 3 is 2.36 bits per heavy atom. The van der Waals surface area contributed by atoms with Crippen LogP contribution < -0.4 is 5.32 Å². The van der Waals surface area contributed by atoms with Crippen LogP contribution in [0.25, 0.3) is 0 Å². The van der Waals surface area contributed by atoms with Gasteiger partial charge in [0.15, 0.2) is 0 Å². The lowest BCUT2D eigenvalue weighted by molar-refractivity contribution is -0.121. The molecule has 1 rings (SSSR count). The first-order valence-corrected chi connectivity index (χ1v) is 8.89. The molecule has 124 valence electrons. The fourth-order valence-corrected chi connectivity index (χ4v) is 2.61. The van der Waals surface area contributed by atoms with E-state index in [0.29, 0.717) is 19.6 Å². The van der Waals surface area contributed by atoms with Gasteiger partial charge in [0.1, 0.15) is 0 Å². The number of carbonyl (C=O) groups excluding carboxylic acids is 1. The number of pyridine rings is 1. The first kappa shape index (κ1) is 18.5. The van der Waals surface area contributed by atoms with Gasteiger partial charge in [-0.25, -0.2) is 12.7 Å². The summed E-state index contributed by atoms with van der Waals surface area (Å²) >= 11 is 0. The Hall–Kier alpha value is -1.51. The van der Waals surface area contributed by atoms with E-state index < -0.39 is 10.0 Å². The molecule has 22 heavy (non-hydrogen) atoms.